The van der Waals surface area contributed by atoms with E-state index in [1.165, 1.54) is 37.0 Å². The zero-order valence-corrected chi connectivity index (χ0v) is 17.8. The number of hydrogen-bond donors (Lipinski definition) is 2. The molecule has 2 rings (SSSR count). The predicted molar refractivity (Wildman–Crippen MR) is 115 cm³/mol. The van der Waals surface area contributed by atoms with Crippen molar-refractivity contribution in [3.63, 3.8) is 0 Å². The molecule has 144 valence electrons. The minimum Gasteiger partial charge on any atom is -0.391 e. The lowest BCUT2D eigenvalue weighted by molar-refractivity contribution is 0.476. The van der Waals surface area contributed by atoms with Crippen molar-refractivity contribution in [3.05, 3.63) is 39.6 Å². The van der Waals surface area contributed by atoms with Gasteiger partial charge in [0.2, 0.25) is 0 Å². The molecule has 0 aromatic heterocycles. The minimum atomic E-state index is 0.514. The van der Waals surface area contributed by atoms with Crippen LogP contribution in [0.2, 0.25) is 5.02 Å². The fourth-order valence-electron chi connectivity index (χ4n) is 4.27. The van der Waals surface area contributed by atoms with Crippen LogP contribution in [0.3, 0.4) is 0 Å². The third kappa shape index (κ3) is 4.43. The van der Waals surface area contributed by atoms with E-state index in [-0.39, 0.29) is 0 Å². The third-order valence-electron chi connectivity index (χ3n) is 5.31. The standard InChI is InChI=1S/C22H34ClN3/c1-6-9-17(10-7-2)20(25-5)18-11-8-12-26(22(18)24)21-16(4)13-15(3)14-19(21)23/h13-14,17,24-25H,6-12H2,1-5H3/b20-18-,24-22?. The van der Waals surface area contributed by atoms with Crippen LogP contribution in [0.5, 0.6) is 0 Å². The van der Waals surface area contributed by atoms with Gasteiger partial charge in [-0.05, 0) is 62.6 Å². The molecule has 1 fully saturated rings. The van der Waals surface area contributed by atoms with Crippen LogP contribution in [-0.2, 0) is 0 Å². The smallest absolute Gasteiger partial charge is 0.130 e. The summed E-state index contributed by atoms with van der Waals surface area (Å²) in [5.74, 6) is 1.13. The topological polar surface area (TPSA) is 39.1 Å². The Morgan fingerprint density at radius 1 is 1.23 bits per heavy atom. The van der Waals surface area contributed by atoms with E-state index in [4.69, 9.17) is 17.0 Å². The predicted octanol–water partition coefficient (Wildman–Crippen LogP) is 6.22. The Labute approximate surface area is 164 Å². The van der Waals surface area contributed by atoms with Gasteiger partial charge in [0.1, 0.15) is 5.84 Å². The summed E-state index contributed by atoms with van der Waals surface area (Å²) in [5, 5.41) is 13.2. The van der Waals surface area contributed by atoms with Gasteiger partial charge in [-0.25, -0.2) is 0 Å². The average molecular weight is 376 g/mol. The Hall–Kier alpha value is -1.48. The number of piperidine rings is 1. The molecule has 1 aromatic carbocycles. The zero-order valence-electron chi connectivity index (χ0n) is 17.0. The first-order valence-electron chi connectivity index (χ1n) is 9.98. The molecule has 0 aliphatic carbocycles. The fraction of sp³-hybridized carbons (Fsp3) is 0.591. The number of halogens is 1. The Morgan fingerprint density at radius 2 is 1.88 bits per heavy atom. The van der Waals surface area contributed by atoms with Crippen LogP contribution in [0, 0.1) is 25.2 Å². The number of aryl methyl sites for hydroxylation is 2. The molecule has 1 saturated heterocycles. The monoisotopic (exact) mass is 375 g/mol. The third-order valence-corrected chi connectivity index (χ3v) is 5.60. The second-order valence-corrected chi connectivity index (χ2v) is 7.84. The first kappa shape index (κ1) is 20.8. The first-order valence-corrected chi connectivity index (χ1v) is 10.4. The molecule has 2 N–H and O–H groups in total. The Morgan fingerprint density at radius 3 is 2.42 bits per heavy atom. The van der Waals surface area contributed by atoms with Crippen molar-refractivity contribution in [1.82, 2.24) is 5.32 Å². The van der Waals surface area contributed by atoms with E-state index >= 15 is 0 Å². The molecule has 4 heteroatoms. The Kier molecular flexibility index (Phi) is 7.57. The highest BCUT2D eigenvalue weighted by atomic mass is 35.5. The molecule has 1 aromatic rings. The van der Waals surface area contributed by atoms with E-state index in [9.17, 15) is 0 Å². The fourth-order valence-corrected chi connectivity index (χ4v) is 4.70. The lowest BCUT2D eigenvalue weighted by atomic mass is 9.88. The number of rotatable bonds is 7. The molecule has 0 spiro atoms. The van der Waals surface area contributed by atoms with Gasteiger partial charge in [0.15, 0.2) is 0 Å². The van der Waals surface area contributed by atoms with Crippen molar-refractivity contribution in [2.24, 2.45) is 5.92 Å². The van der Waals surface area contributed by atoms with Crippen molar-refractivity contribution in [3.8, 4) is 0 Å². The number of nitrogens with one attached hydrogen (secondary N) is 2. The molecule has 0 bridgehead atoms. The number of hydrogen-bond acceptors (Lipinski definition) is 2. The van der Waals surface area contributed by atoms with Gasteiger partial charge in [0.25, 0.3) is 0 Å². The number of benzene rings is 1. The SMILES string of the molecule is CCCC(CCC)/C(NC)=C1\CCCN(c2c(C)cc(C)cc2Cl)C1=N. The molecule has 0 saturated carbocycles. The normalized spacial score (nSPS) is 17.0. The molecular formula is C22H34ClN3. The van der Waals surface area contributed by atoms with Crippen LogP contribution in [0.15, 0.2) is 23.4 Å². The van der Waals surface area contributed by atoms with E-state index < -0.39 is 0 Å². The van der Waals surface area contributed by atoms with Gasteiger partial charge < -0.3 is 10.2 Å². The second kappa shape index (κ2) is 9.45. The van der Waals surface area contributed by atoms with E-state index in [0.29, 0.717) is 11.8 Å². The summed E-state index contributed by atoms with van der Waals surface area (Å²) in [6.45, 7) is 9.50. The molecule has 0 atom stereocenters. The number of amidine groups is 1. The number of anilines is 1. The highest BCUT2D eigenvalue weighted by Gasteiger charge is 2.28. The average Bonchev–Trinajstić information content (AvgIpc) is 2.58. The minimum absolute atomic E-state index is 0.514. The number of nitrogens with zero attached hydrogens (tertiary/aromatic N) is 1. The quantitative estimate of drug-likeness (QED) is 0.593. The second-order valence-electron chi connectivity index (χ2n) is 7.43. The van der Waals surface area contributed by atoms with E-state index in [1.54, 1.807) is 0 Å². The summed E-state index contributed by atoms with van der Waals surface area (Å²) in [6, 6.07) is 4.16. The summed E-state index contributed by atoms with van der Waals surface area (Å²) < 4.78 is 0. The lowest BCUT2D eigenvalue weighted by Gasteiger charge is -2.35. The summed E-state index contributed by atoms with van der Waals surface area (Å²) in [7, 11) is 2.01. The van der Waals surface area contributed by atoms with Gasteiger partial charge in [-0.15, -0.1) is 0 Å². The molecule has 3 nitrogen and oxygen atoms in total. The summed E-state index contributed by atoms with van der Waals surface area (Å²) in [5.41, 5.74) is 5.74. The van der Waals surface area contributed by atoms with E-state index in [0.717, 1.165) is 41.2 Å². The summed E-state index contributed by atoms with van der Waals surface area (Å²) >= 11 is 6.59. The number of allylic oxidation sites excluding steroid dienone is 1. The van der Waals surface area contributed by atoms with E-state index in [1.807, 2.05) is 13.1 Å². The van der Waals surface area contributed by atoms with Crippen LogP contribution in [0.25, 0.3) is 0 Å². The maximum Gasteiger partial charge on any atom is 0.130 e. The molecule has 0 unspecified atom stereocenters. The van der Waals surface area contributed by atoms with Crippen molar-refractivity contribution in [1.29, 1.82) is 5.41 Å². The van der Waals surface area contributed by atoms with Gasteiger partial charge in [-0.1, -0.05) is 44.4 Å². The van der Waals surface area contributed by atoms with Crippen molar-refractivity contribution in [2.45, 2.75) is 66.2 Å². The van der Waals surface area contributed by atoms with E-state index in [2.05, 4.69) is 44.0 Å². The van der Waals surface area contributed by atoms with Crippen molar-refractivity contribution < 1.29 is 0 Å². The summed E-state index contributed by atoms with van der Waals surface area (Å²) in [6.07, 6.45) is 6.71. The molecular weight excluding hydrogens is 342 g/mol. The van der Waals surface area contributed by atoms with Gasteiger partial charge in [0, 0.05) is 24.9 Å². The Bertz CT molecular complexity index is 649. The Balaban J connectivity index is 2.45. The van der Waals surface area contributed by atoms with Crippen LogP contribution < -0.4 is 10.2 Å². The molecule has 0 radical (unpaired) electrons. The summed E-state index contributed by atoms with van der Waals surface area (Å²) in [4.78, 5) is 2.11. The lowest BCUT2D eigenvalue weighted by Crippen LogP contribution is -2.39. The van der Waals surface area contributed by atoms with Gasteiger partial charge >= 0.3 is 0 Å². The van der Waals surface area contributed by atoms with Gasteiger partial charge in [-0.3, -0.25) is 5.41 Å². The first-order chi connectivity index (χ1) is 12.4. The maximum atomic E-state index is 8.95. The van der Waals surface area contributed by atoms with Gasteiger partial charge in [-0.2, -0.15) is 0 Å². The zero-order chi connectivity index (χ0) is 19.3. The highest BCUT2D eigenvalue weighted by Crippen LogP contribution is 2.36. The van der Waals surface area contributed by atoms with Crippen LogP contribution in [0.1, 0.15) is 63.5 Å². The van der Waals surface area contributed by atoms with Crippen LogP contribution >= 0.6 is 11.6 Å². The molecule has 26 heavy (non-hydrogen) atoms. The highest BCUT2D eigenvalue weighted by molar-refractivity contribution is 6.34. The molecule has 0 amide bonds. The maximum absolute atomic E-state index is 8.95. The van der Waals surface area contributed by atoms with Crippen LogP contribution in [0.4, 0.5) is 5.69 Å². The van der Waals surface area contributed by atoms with Crippen LogP contribution in [-0.4, -0.2) is 19.4 Å². The van der Waals surface area contributed by atoms with Gasteiger partial charge in [0.05, 0.1) is 10.7 Å². The largest absolute Gasteiger partial charge is 0.391 e. The molecule has 1 heterocycles. The molecule has 1 aliphatic heterocycles. The van der Waals surface area contributed by atoms with Crippen molar-refractivity contribution >= 4 is 23.1 Å². The van der Waals surface area contributed by atoms with Crippen molar-refractivity contribution in [2.75, 3.05) is 18.5 Å². The molecule has 1 aliphatic rings.